The smallest absolute Gasteiger partial charge is 0.196 e. The van der Waals surface area contributed by atoms with Crippen molar-refractivity contribution in [2.45, 2.75) is 32.7 Å². The number of nitrogens with two attached hydrogens (primary N) is 1. The molecule has 3 unspecified atom stereocenters. The molecule has 4 heteroatoms. The minimum atomic E-state index is 0.380. The summed E-state index contributed by atoms with van der Waals surface area (Å²) in [4.78, 5) is 6.74. The molecule has 112 valence electrons. The van der Waals surface area contributed by atoms with Crippen molar-refractivity contribution in [1.82, 2.24) is 0 Å². The number of aliphatic imine (C=N–C) groups is 1. The molecular formula is C17H22BrN3. The topological polar surface area (TPSA) is 41.6 Å². The van der Waals surface area contributed by atoms with Crippen molar-refractivity contribution in [2.24, 2.45) is 22.6 Å². The van der Waals surface area contributed by atoms with Crippen molar-refractivity contribution >= 4 is 27.6 Å². The Kier molecular flexibility index (Phi) is 4.07. The maximum atomic E-state index is 6.17. The van der Waals surface area contributed by atoms with Crippen LogP contribution in [0.3, 0.4) is 0 Å². The van der Waals surface area contributed by atoms with Crippen molar-refractivity contribution in [3.05, 3.63) is 40.4 Å². The van der Waals surface area contributed by atoms with Crippen LogP contribution < -0.4 is 10.6 Å². The van der Waals surface area contributed by atoms with Crippen LogP contribution in [0, 0.1) is 11.8 Å². The molecule has 1 aromatic carbocycles. The van der Waals surface area contributed by atoms with E-state index in [1.807, 2.05) is 6.07 Å². The first kappa shape index (κ1) is 14.6. The molecule has 0 amide bonds. The van der Waals surface area contributed by atoms with Gasteiger partial charge in [-0.05, 0) is 49.8 Å². The summed E-state index contributed by atoms with van der Waals surface area (Å²) in [5.74, 6) is 1.92. The van der Waals surface area contributed by atoms with Gasteiger partial charge in [0.25, 0.3) is 0 Å². The number of halogens is 1. The van der Waals surface area contributed by atoms with Gasteiger partial charge in [-0.25, -0.2) is 0 Å². The molecule has 3 atom stereocenters. The fourth-order valence-corrected chi connectivity index (χ4v) is 4.10. The van der Waals surface area contributed by atoms with Crippen molar-refractivity contribution in [3.8, 4) is 0 Å². The second-order valence-corrected chi connectivity index (χ2v) is 7.22. The highest BCUT2D eigenvalue weighted by Gasteiger charge is 2.35. The van der Waals surface area contributed by atoms with Gasteiger partial charge in [0.1, 0.15) is 0 Å². The fourth-order valence-electron chi connectivity index (χ4n) is 3.71. The molecule has 2 aliphatic rings. The number of allylic oxidation sites excluding steroid dienone is 2. The lowest BCUT2D eigenvalue weighted by molar-refractivity contribution is 0.350. The number of nitrogens with zero attached hydrogens (tertiary/aromatic N) is 2. The minimum Gasteiger partial charge on any atom is -0.370 e. The van der Waals surface area contributed by atoms with Crippen molar-refractivity contribution in [2.75, 3.05) is 11.4 Å². The Labute approximate surface area is 135 Å². The fraction of sp³-hybridized carbons (Fsp3) is 0.471. The van der Waals surface area contributed by atoms with Crippen LogP contribution in [-0.2, 0) is 0 Å². The predicted molar refractivity (Wildman–Crippen MR) is 92.5 cm³/mol. The van der Waals surface area contributed by atoms with Crippen LogP contribution in [-0.4, -0.2) is 18.5 Å². The van der Waals surface area contributed by atoms with E-state index in [9.17, 15) is 0 Å². The first-order valence-corrected chi connectivity index (χ1v) is 8.36. The quantitative estimate of drug-likeness (QED) is 0.823. The molecule has 0 bridgehead atoms. The van der Waals surface area contributed by atoms with Gasteiger partial charge >= 0.3 is 0 Å². The third-order valence-electron chi connectivity index (χ3n) is 4.48. The average Bonchev–Trinajstić information content (AvgIpc) is 2.79. The Hall–Kier alpha value is -1.29. The molecule has 1 aromatic rings. The van der Waals surface area contributed by atoms with E-state index in [1.165, 1.54) is 12.0 Å². The van der Waals surface area contributed by atoms with E-state index in [-0.39, 0.29) is 0 Å². The van der Waals surface area contributed by atoms with Crippen LogP contribution in [0.2, 0.25) is 0 Å². The molecule has 3 rings (SSSR count). The summed E-state index contributed by atoms with van der Waals surface area (Å²) in [6.07, 6.45) is 4.77. The molecule has 2 N–H and O–H groups in total. The molecule has 0 spiro atoms. The van der Waals surface area contributed by atoms with E-state index >= 15 is 0 Å². The first-order chi connectivity index (χ1) is 10.0. The lowest BCUT2D eigenvalue weighted by atomic mass is 9.79. The largest absolute Gasteiger partial charge is 0.370 e. The van der Waals surface area contributed by atoms with Crippen LogP contribution in [0.1, 0.15) is 26.7 Å². The van der Waals surface area contributed by atoms with E-state index < -0.39 is 0 Å². The molecule has 0 radical (unpaired) electrons. The van der Waals surface area contributed by atoms with Gasteiger partial charge in [0.15, 0.2) is 5.96 Å². The molecule has 0 saturated carbocycles. The summed E-state index contributed by atoms with van der Waals surface area (Å²) in [6.45, 7) is 5.35. The van der Waals surface area contributed by atoms with E-state index in [0.717, 1.165) is 23.1 Å². The Bertz CT molecular complexity index is 593. The molecule has 1 aliphatic heterocycles. The van der Waals surface area contributed by atoms with Gasteiger partial charge in [-0.1, -0.05) is 40.6 Å². The highest BCUT2D eigenvalue weighted by Crippen LogP contribution is 2.36. The number of benzene rings is 1. The van der Waals surface area contributed by atoms with Crippen molar-refractivity contribution in [3.63, 3.8) is 0 Å². The molecule has 0 aromatic heterocycles. The number of guanidine groups is 1. The number of anilines is 1. The summed E-state index contributed by atoms with van der Waals surface area (Å²) in [5.41, 5.74) is 8.80. The van der Waals surface area contributed by atoms with Crippen LogP contribution in [0.4, 0.5) is 5.69 Å². The highest BCUT2D eigenvalue weighted by atomic mass is 79.9. The lowest BCUT2D eigenvalue weighted by Crippen LogP contribution is -2.45. The normalized spacial score (nSPS) is 29.3. The monoisotopic (exact) mass is 347 g/mol. The van der Waals surface area contributed by atoms with Crippen LogP contribution in [0.5, 0.6) is 0 Å². The third kappa shape index (κ3) is 3.00. The Morgan fingerprint density at radius 2 is 2.19 bits per heavy atom. The molecule has 0 saturated heterocycles. The number of rotatable bonds is 2. The Morgan fingerprint density at radius 3 is 2.90 bits per heavy atom. The summed E-state index contributed by atoms with van der Waals surface area (Å²) >= 11 is 3.55. The molecule has 1 heterocycles. The van der Waals surface area contributed by atoms with Gasteiger partial charge in [-0.2, -0.15) is 0 Å². The number of hydrogen-bond acceptors (Lipinski definition) is 3. The maximum Gasteiger partial charge on any atom is 0.196 e. The SMILES string of the molecule is CC1=CC(C)CC(C2CN=C(N)N2c2cccc(Br)c2)C1. The van der Waals surface area contributed by atoms with Crippen LogP contribution in [0.15, 0.2) is 45.4 Å². The number of hydrogen-bond donors (Lipinski definition) is 1. The van der Waals surface area contributed by atoms with Gasteiger partial charge in [0, 0.05) is 10.2 Å². The zero-order valence-corrected chi connectivity index (χ0v) is 14.2. The van der Waals surface area contributed by atoms with E-state index in [0.29, 0.717) is 23.8 Å². The second-order valence-electron chi connectivity index (χ2n) is 6.31. The van der Waals surface area contributed by atoms with Gasteiger partial charge in [0.2, 0.25) is 0 Å². The van der Waals surface area contributed by atoms with E-state index in [2.05, 4.69) is 63.9 Å². The van der Waals surface area contributed by atoms with Gasteiger partial charge in [-0.3, -0.25) is 4.99 Å². The van der Waals surface area contributed by atoms with Crippen molar-refractivity contribution < 1.29 is 0 Å². The standard InChI is InChI=1S/C17H22BrN3/c1-11-6-12(2)8-13(7-11)16-10-20-17(19)21(16)15-5-3-4-14(18)9-15/h3-6,9,11,13,16H,7-8,10H2,1-2H3,(H2,19,20). The lowest BCUT2D eigenvalue weighted by Gasteiger charge is -2.36. The average molecular weight is 348 g/mol. The minimum absolute atomic E-state index is 0.380. The summed E-state index contributed by atoms with van der Waals surface area (Å²) in [5, 5.41) is 0. The van der Waals surface area contributed by atoms with Crippen LogP contribution in [0.25, 0.3) is 0 Å². The molecule has 1 aliphatic carbocycles. The first-order valence-electron chi connectivity index (χ1n) is 7.56. The predicted octanol–water partition coefficient (Wildman–Crippen LogP) is 3.94. The molecule has 3 nitrogen and oxygen atoms in total. The van der Waals surface area contributed by atoms with Crippen LogP contribution >= 0.6 is 15.9 Å². The van der Waals surface area contributed by atoms with E-state index in [1.54, 1.807) is 0 Å². The molecule has 21 heavy (non-hydrogen) atoms. The van der Waals surface area contributed by atoms with Gasteiger partial charge in [0.05, 0.1) is 12.6 Å². The van der Waals surface area contributed by atoms with Gasteiger partial charge in [-0.15, -0.1) is 0 Å². The summed E-state index contributed by atoms with van der Waals surface area (Å²) in [6, 6.07) is 8.70. The van der Waals surface area contributed by atoms with Crippen molar-refractivity contribution in [1.29, 1.82) is 0 Å². The van der Waals surface area contributed by atoms with E-state index in [4.69, 9.17) is 5.73 Å². The Balaban J connectivity index is 1.87. The molecular weight excluding hydrogens is 326 g/mol. The highest BCUT2D eigenvalue weighted by molar-refractivity contribution is 9.10. The van der Waals surface area contributed by atoms with Gasteiger partial charge < -0.3 is 10.6 Å². The second kappa shape index (κ2) is 5.84. The summed E-state index contributed by atoms with van der Waals surface area (Å²) < 4.78 is 1.08. The zero-order valence-electron chi connectivity index (χ0n) is 12.6. The Morgan fingerprint density at radius 1 is 1.38 bits per heavy atom. The summed E-state index contributed by atoms with van der Waals surface area (Å²) in [7, 11) is 0. The molecule has 0 fully saturated rings. The maximum absolute atomic E-state index is 6.17. The zero-order chi connectivity index (χ0) is 15.0. The third-order valence-corrected chi connectivity index (χ3v) is 4.97.